The number of carbonyl (C=O) groups is 1. The highest BCUT2D eigenvalue weighted by molar-refractivity contribution is 9.10. The molecule has 0 atom stereocenters. The summed E-state index contributed by atoms with van der Waals surface area (Å²) in [5.74, 6) is 1.10. The van der Waals surface area contributed by atoms with Crippen molar-refractivity contribution in [3.05, 3.63) is 46.2 Å². The number of nitrogens with one attached hydrogen (secondary N) is 1. The lowest BCUT2D eigenvalue weighted by atomic mass is 9.89. The van der Waals surface area contributed by atoms with Crippen molar-refractivity contribution >= 4 is 32.8 Å². The van der Waals surface area contributed by atoms with E-state index in [0.717, 1.165) is 48.4 Å². The van der Waals surface area contributed by atoms with Gasteiger partial charge < -0.3 is 14.3 Å². The van der Waals surface area contributed by atoms with Crippen LogP contribution < -0.4 is 5.32 Å². The van der Waals surface area contributed by atoms with Crippen LogP contribution in [0.4, 0.5) is 0 Å². The topological polar surface area (TPSA) is 81.2 Å². The van der Waals surface area contributed by atoms with Crippen LogP contribution in [0.5, 0.6) is 0 Å². The predicted molar refractivity (Wildman–Crippen MR) is 99.8 cm³/mol. The molecule has 1 aromatic carbocycles. The maximum absolute atomic E-state index is 13.0. The molecule has 26 heavy (non-hydrogen) atoms. The monoisotopic (exact) mass is 417 g/mol. The Morgan fingerprint density at radius 3 is 2.65 bits per heavy atom. The zero-order valence-corrected chi connectivity index (χ0v) is 16.1. The normalized spacial score (nSPS) is 17.2. The first kappa shape index (κ1) is 17.3. The van der Waals surface area contributed by atoms with Gasteiger partial charge in [0.2, 0.25) is 5.89 Å². The van der Waals surface area contributed by atoms with Crippen molar-refractivity contribution in [3.8, 4) is 0 Å². The van der Waals surface area contributed by atoms with Crippen LogP contribution in [0.2, 0.25) is 0 Å². The molecule has 0 saturated heterocycles. The molecule has 2 heterocycles. The molecule has 6 nitrogen and oxygen atoms in total. The number of furan rings is 1. The summed E-state index contributed by atoms with van der Waals surface area (Å²) in [6.07, 6.45) is 5.90. The Labute approximate surface area is 159 Å². The van der Waals surface area contributed by atoms with Crippen LogP contribution in [0.1, 0.15) is 60.8 Å². The minimum atomic E-state index is -0.610. The van der Waals surface area contributed by atoms with E-state index in [4.69, 9.17) is 8.94 Å². The van der Waals surface area contributed by atoms with E-state index in [-0.39, 0.29) is 11.7 Å². The first-order valence-corrected chi connectivity index (χ1v) is 9.68. The van der Waals surface area contributed by atoms with Crippen LogP contribution in [0, 0.1) is 6.92 Å². The third-order valence-corrected chi connectivity index (χ3v) is 5.61. The lowest BCUT2D eigenvalue weighted by Gasteiger charge is -2.30. The maximum atomic E-state index is 13.0. The van der Waals surface area contributed by atoms with Crippen molar-refractivity contribution in [3.63, 3.8) is 0 Å². The van der Waals surface area contributed by atoms with Crippen LogP contribution in [-0.2, 0) is 5.54 Å². The molecule has 2 aromatic heterocycles. The molecule has 0 bridgehead atoms. The Bertz CT molecular complexity index is 939. The van der Waals surface area contributed by atoms with Gasteiger partial charge in [-0.15, -0.1) is 0 Å². The fraction of sp³-hybridized carbons (Fsp3) is 0.421. The lowest BCUT2D eigenvalue weighted by Crippen LogP contribution is -2.46. The lowest BCUT2D eigenvalue weighted by molar-refractivity contribution is 0.0850. The Morgan fingerprint density at radius 1 is 1.23 bits per heavy atom. The molecule has 1 saturated carbocycles. The van der Waals surface area contributed by atoms with E-state index >= 15 is 0 Å². The van der Waals surface area contributed by atoms with Gasteiger partial charge in [0.05, 0.1) is 4.47 Å². The number of fused-ring (bicyclic) bond motifs is 1. The highest BCUT2D eigenvalue weighted by Crippen LogP contribution is 2.35. The average Bonchev–Trinajstić information content (AvgIpc) is 3.18. The van der Waals surface area contributed by atoms with Gasteiger partial charge in [-0.05, 0) is 40.9 Å². The van der Waals surface area contributed by atoms with E-state index < -0.39 is 5.54 Å². The molecule has 0 aliphatic heterocycles. The van der Waals surface area contributed by atoms with E-state index in [9.17, 15) is 4.79 Å². The number of rotatable bonds is 3. The third kappa shape index (κ3) is 3.16. The maximum Gasteiger partial charge on any atom is 0.287 e. The number of hydrogen-bond donors (Lipinski definition) is 1. The number of halogens is 1. The summed E-state index contributed by atoms with van der Waals surface area (Å²) in [4.78, 5) is 17.4. The van der Waals surface area contributed by atoms with Crippen LogP contribution in [-0.4, -0.2) is 16.0 Å². The Morgan fingerprint density at radius 2 is 2.00 bits per heavy atom. The average molecular weight is 418 g/mol. The number of para-hydroxylation sites is 1. The molecule has 0 spiro atoms. The number of amides is 1. The quantitative estimate of drug-likeness (QED) is 0.614. The first-order valence-electron chi connectivity index (χ1n) is 8.89. The molecule has 1 aliphatic carbocycles. The van der Waals surface area contributed by atoms with Gasteiger partial charge in [-0.1, -0.05) is 43.0 Å². The largest absolute Gasteiger partial charge is 0.450 e. The molecular formula is C19H20BrN3O3. The van der Waals surface area contributed by atoms with Crippen molar-refractivity contribution in [1.29, 1.82) is 0 Å². The zero-order valence-electron chi connectivity index (χ0n) is 14.5. The molecule has 7 heteroatoms. The van der Waals surface area contributed by atoms with Crippen LogP contribution in [0.15, 0.2) is 37.7 Å². The van der Waals surface area contributed by atoms with Crippen molar-refractivity contribution in [1.82, 2.24) is 15.5 Å². The summed E-state index contributed by atoms with van der Waals surface area (Å²) < 4.78 is 11.8. The molecule has 0 radical (unpaired) electrons. The van der Waals surface area contributed by atoms with Crippen LogP contribution in [0.25, 0.3) is 11.0 Å². The molecular weight excluding hydrogens is 398 g/mol. The fourth-order valence-corrected chi connectivity index (χ4v) is 4.11. The van der Waals surface area contributed by atoms with Crippen LogP contribution in [0.3, 0.4) is 0 Å². The van der Waals surface area contributed by atoms with E-state index in [1.165, 1.54) is 0 Å². The molecule has 136 valence electrons. The molecule has 0 unspecified atom stereocenters. The summed E-state index contributed by atoms with van der Waals surface area (Å²) in [5, 5.41) is 8.17. The highest BCUT2D eigenvalue weighted by Gasteiger charge is 2.39. The summed E-state index contributed by atoms with van der Waals surface area (Å²) in [5.41, 5.74) is 0.0598. The predicted octanol–water partition coefficient (Wildman–Crippen LogP) is 4.87. The summed E-state index contributed by atoms with van der Waals surface area (Å²) in [6, 6.07) is 7.49. The standard InChI is InChI=1S/C19H20BrN3O3/c1-12-21-18(23-26-12)19(9-4-2-3-5-10-19)22-17(24)15-11-13-7-6-8-14(20)16(13)25-15/h6-8,11H,2-5,9-10H2,1H3,(H,22,24). The number of aromatic nitrogens is 2. The molecule has 1 fully saturated rings. The second kappa shape index (κ2) is 6.87. The van der Waals surface area contributed by atoms with Crippen molar-refractivity contribution in [2.24, 2.45) is 0 Å². The van der Waals surface area contributed by atoms with Crippen LogP contribution >= 0.6 is 15.9 Å². The Balaban J connectivity index is 1.68. The van der Waals surface area contributed by atoms with E-state index in [0.29, 0.717) is 17.3 Å². The second-order valence-electron chi connectivity index (χ2n) is 6.86. The number of carbonyl (C=O) groups excluding carboxylic acids is 1. The smallest absolute Gasteiger partial charge is 0.287 e. The summed E-state index contributed by atoms with van der Waals surface area (Å²) in [7, 11) is 0. The Kier molecular flexibility index (Phi) is 4.56. The second-order valence-corrected chi connectivity index (χ2v) is 7.71. The molecule has 1 aliphatic rings. The number of hydrogen-bond acceptors (Lipinski definition) is 5. The highest BCUT2D eigenvalue weighted by atomic mass is 79.9. The van der Waals surface area contributed by atoms with E-state index in [1.54, 1.807) is 13.0 Å². The zero-order chi connectivity index (χ0) is 18.1. The fourth-order valence-electron chi connectivity index (χ4n) is 3.65. The summed E-state index contributed by atoms with van der Waals surface area (Å²) in [6.45, 7) is 1.76. The van der Waals surface area contributed by atoms with Gasteiger partial charge in [-0.25, -0.2) is 0 Å². The van der Waals surface area contributed by atoms with E-state index in [2.05, 4.69) is 31.4 Å². The SMILES string of the molecule is Cc1nc(C2(NC(=O)c3cc4cccc(Br)c4o3)CCCCCC2)no1. The van der Waals surface area contributed by atoms with Gasteiger partial charge in [-0.2, -0.15) is 4.98 Å². The third-order valence-electron chi connectivity index (χ3n) is 4.99. The van der Waals surface area contributed by atoms with Crippen molar-refractivity contribution < 1.29 is 13.7 Å². The molecule has 4 rings (SSSR count). The molecule has 1 amide bonds. The Hall–Kier alpha value is -2.15. The van der Waals surface area contributed by atoms with Crippen molar-refractivity contribution in [2.45, 2.75) is 51.0 Å². The molecule has 3 aromatic rings. The van der Waals surface area contributed by atoms with Gasteiger partial charge in [0, 0.05) is 12.3 Å². The number of benzene rings is 1. The summed E-state index contributed by atoms with van der Waals surface area (Å²) >= 11 is 3.46. The molecule has 1 N–H and O–H groups in total. The van der Waals surface area contributed by atoms with Gasteiger partial charge in [-0.3, -0.25) is 4.79 Å². The number of nitrogens with zero attached hydrogens (tertiary/aromatic N) is 2. The minimum absolute atomic E-state index is 0.252. The first-order chi connectivity index (χ1) is 12.6. The van der Waals surface area contributed by atoms with Gasteiger partial charge >= 0.3 is 0 Å². The van der Waals surface area contributed by atoms with Gasteiger partial charge in [0.15, 0.2) is 11.6 Å². The van der Waals surface area contributed by atoms with Crippen molar-refractivity contribution in [2.75, 3.05) is 0 Å². The minimum Gasteiger partial charge on any atom is -0.450 e. The van der Waals surface area contributed by atoms with Gasteiger partial charge in [0.25, 0.3) is 5.91 Å². The number of aryl methyl sites for hydroxylation is 1. The van der Waals surface area contributed by atoms with Gasteiger partial charge in [0.1, 0.15) is 11.1 Å². The van der Waals surface area contributed by atoms with E-state index in [1.807, 2.05) is 18.2 Å².